The second-order valence-electron chi connectivity index (χ2n) is 5.07. The Morgan fingerprint density at radius 1 is 1.48 bits per heavy atom. The first-order valence-electron chi connectivity index (χ1n) is 6.92. The second kappa shape index (κ2) is 5.90. The highest BCUT2D eigenvalue weighted by Crippen LogP contribution is 2.18. The van der Waals surface area contributed by atoms with Gasteiger partial charge in [-0.15, -0.1) is 10.2 Å². The zero-order valence-corrected chi connectivity index (χ0v) is 11.8. The smallest absolute Gasteiger partial charge is 0.271 e. The van der Waals surface area contributed by atoms with Crippen LogP contribution in [0.5, 0.6) is 5.88 Å². The first-order valence-corrected chi connectivity index (χ1v) is 6.92. The molecule has 1 aliphatic rings. The molecule has 110 valence electrons. The summed E-state index contributed by atoms with van der Waals surface area (Å²) in [5, 5.41) is 10.5. The number of imidazole rings is 1. The highest BCUT2D eigenvalue weighted by molar-refractivity contribution is 5.92. The summed E-state index contributed by atoms with van der Waals surface area (Å²) in [6, 6.07) is 3.23. The molecule has 0 fully saturated rings. The summed E-state index contributed by atoms with van der Waals surface area (Å²) in [4.78, 5) is 16.3. The summed E-state index contributed by atoms with van der Waals surface area (Å²) in [5.74, 6) is 1.73. The van der Waals surface area contributed by atoms with Crippen molar-refractivity contribution in [1.29, 1.82) is 0 Å². The van der Waals surface area contributed by atoms with E-state index in [0.29, 0.717) is 24.0 Å². The van der Waals surface area contributed by atoms with Gasteiger partial charge in [-0.1, -0.05) is 0 Å². The number of hydrogen-bond acceptors (Lipinski definition) is 5. The maximum absolute atomic E-state index is 12.0. The minimum absolute atomic E-state index is 0.207. The summed E-state index contributed by atoms with van der Waals surface area (Å²) < 4.78 is 7.06. The van der Waals surface area contributed by atoms with Crippen molar-refractivity contribution < 1.29 is 9.53 Å². The van der Waals surface area contributed by atoms with Gasteiger partial charge in [-0.05, 0) is 18.4 Å². The zero-order valence-electron chi connectivity index (χ0n) is 11.8. The highest BCUT2D eigenvalue weighted by Gasteiger charge is 2.19. The van der Waals surface area contributed by atoms with Crippen molar-refractivity contribution in [2.24, 2.45) is 5.92 Å². The van der Waals surface area contributed by atoms with Crippen LogP contribution in [0, 0.1) is 5.92 Å². The number of carbonyl (C=O) groups is 1. The fourth-order valence-electron chi connectivity index (χ4n) is 2.48. The normalized spacial score (nSPS) is 17.1. The lowest BCUT2D eigenvalue weighted by Crippen LogP contribution is -2.34. The molecule has 3 rings (SSSR count). The number of nitrogens with one attached hydrogen (secondary N) is 1. The minimum atomic E-state index is -0.207. The van der Waals surface area contributed by atoms with Gasteiger partial charge < -0.3 is 14.6 Å². The van der Waals surface area contributed by atoms with Gasteiger partial charge in [0.25, 0.3) is 5.91 Å². The summed E-state index contributed by atoms with van der Waals surface area (Å²) in [7, 11) is 1.51. The minimum Gasteiger partial charge on any atom is -0.480 e. The van der Waals surface area contributed by atoms with E-state index in [4.69, 9.17) is 4.74 Å². The fraction of sp³-hybridized carbons (Fsp3) is 0.429. The van der Waals surface area contributed by atoms with Crippen LogP contribution >= 0.6 is 0 Å². The van der Waals surface area contributed by atoms with E-state index in [1.54, 1.807) is 12.1 Å². The predicted molar refractivity (Wildman–Crippen MR) is 75.0 cm³/mol. The van der Waals surface area contributed by atoms with Crippen LogP contribution in [-0.4, -0.2) is 39.3 Å². The van der Waals surface area contributed by atoms with Crippen LogP contribution in [0.1, 0.15) is 22.7 Å². The first kappa shape index (κ1) is 13.5. The van der Waals surface area contributed by atoms with Crippen molar-refractivity contribution in [3.8, 4) is 5.88 Å². The van der Waals surface area contributed by atoms with Crippen molar-refractivity contribution in [2.75, 3.05) is 13.7 Å². The standard InChI is InChI=1S/C14H17N5O2/c1-21-13-5-3-11(17-18-13)14(20)16-8-10-2-4-12-15-6-7-19(12)9-10/h3,5-7,10H,2,4,8-9H2,1H3,(H,16,20)/t10-/m0/s1. The van der Waals surface area contributed by atoms with Crippen LogP contribution in [0.3, 0.4) is 0 Å². The number of carbonyl (C=O) groups excluding carboxylic acids is 1. The number of nitrogens with zero attached hydrogens (tertiary/aromatic N) is 4. The van der Waals surface area contributed by atoms with E-state index in [2.05, 4.69) is 25.1 Å². The fourth-order valence-corrected chi connectivity index (χ4v) is 2.48. The number of aromatic nitrogens is 4. The van der Waals surface area contributed by atoms with Gasteiger partial charge in [-0.2, -0.15) is 0 Å². The van der Waals surface area contributed by atoms with E-state index >= 15 is 0 Å². The highest BCUT2D eigenvalue weighted by atomic mass is 16.5. The van der Waals surface area contributed by atoms with Crippen LogP contribution < -0.4 is 10.1 Å². The molecule has 3 heterocycles. The van der Waals surface area contributed by atoms with Gasteiger partial charge in [0.15, 0.2) is 5.69 Å². The molecular weight excluding hydrogens is 270 g/mol. The predicted octanol–water partition coefficient (Wildman–Crippen LogP) is 0.674. The molecule has 1 atom stereocenters. The van der Waals surface area contributed by atoms with Gasteiger partial charge in [0.2, 0.25) is 5.88 Å². The number of amides is 1. The number of rotatable bonds is 4. The van der Waals surface area contributed by atoms with Gasteiger partial charge in [0, 0.05) is 38.0 Å². The Morgan fingerprint density at radius 2 is 2.38 bits per heavy atom. The average molecular weight is 287 g/mol. The molecule has 0 saturated carbocycles. The number of ether oxygens (including phenoxy) is 1. The Kier molecular flexibility index (Phi) is 3.81. The van der Waals surface area contributed by atoms with E-state index in [0.717, 1.165) is 25.2 Å². The van der Waals surface area contributed by atoms with Crippen molar-refractivity contribution in [3.63, 3.8) is 0 Å². The lowest BCUT2D eigenvalue weighted by Gasteiger charge is -2.23. The summed E-state index contributed by atoms with van der Waals surface area (Å²) in [6.07, 6.45) is 5.79. The largest absolute Gasteiger partial charge is 0.480 e. The summed E-state index contributed by atoms with van der Waals surface area (Å²) in [6.45, 7) is 1.52. The maximum atomic E-state index is 12.0. The molecule has 1 aliphatic heterocycles. The van der Waals surface area contributed by atoms with Gasteiger partial charge >= 0.3 is 0 Å². The molecule has 0 bridgehead atoms. The van der Waals surface area contributed by atoms with Gasteiger partial charge in [0.1, 0.15) is 5.82 Å². The maximum Gasteiger partial charge on any atom is 0.271 e. The molecule has 1 N–H and O–H groups in total. The van der Waals surface area contributed by atoms with E-state index < -0.39 is 0 Å². The van der Waals surface area contributed by atoms with Crippen LogP contribution in [0.15, 0.2) is 24.5 Å². The van der Waals surface area contributed by atoms with E-state index in [-0.39, 0.29) is 5.91 Å². The second-order valence-corrected chi connectivity index (χ2v) is 5.07. The van der Waals surface area contributed by atoms with Gasteiger partial charge in [-0.3, -0.25) is 4.79 Å². The molecule has 1 amide bonds. The van der Waals surface area contributed by atoms with Crippen molar-refractivity contribution >= 4 is 5.91 Å². The Morgan fingerprint density at radius 3 is 3.14 bits per heavy atom. The van der Waals surface area contributed by atoms with E-state index in [1.165, 1.54) is 7.11 Å². The van der Waals surface area contributed by atoms with E-state index in [9.17, 15) is 4.79 Å². The van der Waals surface area contributed by atoms with Crippen molar-refractivity contribution in [3.05, 3.63) is 36.0 Å². The molecular formula is C14H17N5O2. The zero-order chi connectivity index (χ0) is 14.7. The molecule has 2 aromatic rings. The molecule has 0 aliphatic carbocycles. The third kappa shape index (κ3) is 3.01. The summed E-state index contributed by atoms with van der Waals surface area (Å²) in [5.41, 5.74) is 0.301. The lowest BCUT2D eigenvalue weighted by molar-refractivity contribution is 0.0937. The average Bonchev–Trinajstić information content (AvgIpc) is 3.00. The van der Waals surface area contributed by atoms with Crippen molar-refractivity contribution in [1.82, 2.24) is 25.1 Å². The Hall–Kier alpha value is -2.44. The number of aryl methyl sites for hydroxylation is 1. The van der Waals surface area contributed by atoms with Crippen LogP contribution in [-0.2, 0) is 13.0 Å². The third-order valence-electron chi connectivity index (χ3n) is 3.67. The van der Waals surface area contributed by atoms with E-state index in [1.807, 2.05) is 12.4 Å². The molecule has 7 nitrogen and oxygen atoms in total. The van der Waals surface area contributed by atoms with Crippen LogP contribution in [0.2, 0.25) is 0 Å². The monoisotopic (exact) mass is 287 g/mol. The molecule has 7 heteroatoms. The number of fused-ring (bicyclic) bond motifs is 1. The topological polar surface area (TPSA) is 81.9 Å². The first-order chi connectivity index (χ1) is 10.3. The molecule has 21 heavy (non-hydrogen) atoms. The Bertz CT molecular complexity index is 623. The molecule has 0 saturated heterocycles. The lowest BCUT2D eigenvalue weighted by atomic mass is 9.99. The molecule has 0 aromatic carbocycles. The van der Waals surface area contributed by atoms with Crippen LogP contribution in [0.25, 0.3) is 0 Å². The molecule has 0 spiro atoms. The molecule has 2 aromatic heterocycles. The molecule has 0 unspecified atom stereocenters. The molecule has 0 radical (unpaired) electrons. The SMILES string of the molecule is COc1ccc(C(=O)NC[C@@H]2CCc3nccn3C2)nn1. The summed E-state index contributed by atoms with van der Waals surface area (Å²) >= 11 is 0. The Labute approximate surface area is 122 Å². The third-order valence-corrected chi connectivity index (χ3v) is 3.67. The van der Waals surface area contributed by atoms with Crippen molar-refractivity contribution in [2.45, 2.75) is 19.4 Å². The van der Waals surface area contributed by atoms with Crippen LogP contribution in [0.4, 0.5) is 0 Å². The number of methoxy groups -OCH3 is 1. The van der Waals surface area contributed by atoms with Gasteiger partial charge in [0.05, 0.1) is 7.11 Å². The van der Waals surface area contributed by atoms with Gasteiger partial charge in [-0.25, -0.2) is 4.98 Å². The number of hydrogen-bond donors (Lipinski definition) is 1. The Balaban J connectivity index is 1.54. The quantitative estimate of drug-likeness (QED) is 0.894.